The standard InChI is InChI=1S/C8H13N3OS/c1-4(2)10-7(12)8-11-5(3)6(9)13-8/h4H,9H2,1-3H3,(H,10,12). The molecule has 0 aliphatic heterocycles. The maximum absolute atomic E-state index is 11.4. The van der Waals surface area contributed by atoms with Crippen LogP contribution in [-0.4, -0.2) is 16.9 Å². The Hall–Kier alpha value is -1.10. The van der Waals surface area contributed by atoms with E-state index in [-0.39, 0.29) is 11.9 Å². The molecule has 0 aromatic carbocycles. The highest BCUT2D eigenvalue weighted by molar-refractivity contribution is 7.17. The van der Waals surface area contributed by atoms with Crippen molar-refractivity contribution in [2.75, 3.05) is 5.73 Å². The summed E-state index contributed by atoms with van der Waals surface area (Å²) in [6.07, 6.45) is 0. The molecule has 72 valence electrons. The summed E-state index contributed by atoms with van der Waals surface area (Å²) >= 11 is 1.22. The number of hydrogen-bond acceptors (Lipinski definition) is 4. The molecule has 0 saturated heterocycles. The number of carbonyl (C=O) groups is 1. The molecule has 5 heteroatoms. The number of rotatable bonds is 2. The second-order valence-corrected chi connectivity index (χ2v) is 4.13. The van der Waals surface area contributed by atoms with Gasteiger partial charge >= 0.3 is 0 Å². The van der Waals surface area contributed by atoms with Gasteiger partial charge in [-0.1, -0.05) is 11.3 Å². The van der Waals surface area contributed by atoms with E-state index in [1.807, 2.05) is 13.8 Å². The van der Waals surface area contributed by atoms with Crippen molar-refractivity contribution in [3.05, 3.63) is 10.7 Å². The van der Waals surface area contributed by atoms with Crippen LogP contribution in [0, 0.1) is 6.92 Å². The smallest absolute Gasteiger partial charge is 0.280 e. The van der Waals surface area contributed by atoms with Gasteiger partial charge in [-0.25, -0.2) is 4.98 Å². The van der Waals surface area contributed by atoms with Gasteiger partial charge in [0.2, 0.25) is 0 Å². The molecule has 0 aliphatic carbocycles. The largest absolute Gasteiger partial charge is 0.389 e. The average Bonchev–Trinajstić information content (AvgIpc) is 2.31. The zero-order chi connectivity index (χ0) is 10.0. The van der Waals surface area contributed by atoms with Crippen molar-refractivity contribution >= 4 is 22.2 Å². The van der Waals surface area contributed by atoms with Crippen LogP contribution in [0.15, 0.2) is 0 Å². The molecule has 0 atom stereocenters. The first-order chi connectivity index (χ1) is 6.00. The van der Waals surface area contributed by atoms with Gasteiger partial charge in [-0.2, -0.15) is 0 Å². The molecule has 0 bridgehead atoms. The summed E-state index contributed by atoms with van der Waals surface area (Å²) in [7, 11) is 0. The summed E-state index contributed by atoms with van der Waals surface area (Å²) < 4.78 is 0. The van der Waals surface area contributed by atoms with E-state index in [1.165, 1.54) is 11.3 Å². The van der Waals surface area contributed by atoms with Crippen molar-refractivity contribution in [3.8, 4) is 0 Å². The second-order valence-electron chi connectivity index (χ2n) is 3.10. The van der Waals surface area contributed by atoms with Crippen molar-refractivity contribution in [3.63, 3.8) is 0 Å². The van der Waals surface area contributed by atoms with Crippen molar-refractivity contribution in [1.29, 1.82) is 0 Å². The van der Waals surface area contributed by atoms with Gasteiger partial charge in [-0.15, -0.1) is 0 Å². The molecule has 4 nitrogen and oxygen atoms in total. The topological polar surface area (TPSA) is 68.0 Å². The number of nitrogen functional groups attached to an aromatic ring is 1. The minimum Gasteiger partial charge on any atom is -0.389 e. The minimum absolute atomic E-state index is 0.123. The lowest BCUT2D eigenvalue weighted by Crippen LogP contribution is -2.29. The van der Waals surface area contributed by atoms with Crippen LogP contribution in [0.5, 0.6) is 0 Å². The number of hydrogen-bond donors (Lipinski definition) is 2. The number of aromatic nitrogens is 1. The third-order valence-electron chi connectivity index (χ3n) is 1.45. The highest BCUT2D eigenvalue weighted by atomic mass is 32.1. The molecule has 0 aliphatic rings. The Balaban J connectivity index is 2.77. The summed E-state index contributed by atoms with van der Waals surface area (Å²) in [6, 6.07) is 0.123. The number of nitrogens with two attached hydrogens (primary N) is 1. The van der Waals surface area contributed by atoms with Crippen LogP contribution in [0.25, 0.3) is 0 Å². The average molecular weight is 199 g/mol. The van der Waals surface area contributed by atoms with Crippen molar-refractivity contribution in [1.82, 2.24) is 10.3 Å². The molecule has 13 heavy (non-hydrogen) atoms. The van der Waals surface area contributed by atoms with Crippen LogP contribution in [-0.2, 0) is 0 Å². The molecule has 1 rings (SSSR count). The van der Waals surface area contributed by atoms with Crippen molar-refractivity contribution in [2.24, 2.45) is 0 Å². The van der Waals surface area contributed by atoms with E-state index in [9.17, 15) is 4.79 Å². The van der Waals surface area contributed by atoms with Crippen LogP contribution >= 0.6 is 11.3 Å². The minimum atomic E-state index is -0.153. The second kappa shape index (κ2) is 3.74. The Kier molecular flexibility index (Phi) is 2.87. The van der Waals surface area contributed by atoms with Gasteiger partial charge in [-0.3, -0.25) is 4.79 Å². The monoisotopic (exact) mass is 199 g/mol. The Morgan fingerprint density at radius 2 is 2.23 bits per heavy atom. The highest BCUT2D eigenvalue weighted by Crippen LogP contribution is 2.19. The van der Waals surface area contributed by atoms with Crippen LogP contribution in [0.1, 0.15) is 29.3 Å². The van der Waals surface area contributed by atoms with Gasteiger partial charge in [-0.05, 0) is 20.8 Å². The molecule has 1 aromatic rings. The summed E-state index contributed by atoms with van der Waals surface area (Å²) in [5.41, 5.74) is 6.31. The number of nitrogens with zero attached hydrogens (tertiary/aromatic N) is 1. The van der Waals surface area contributed by atoms with E-state index in [0.29, 0.717) is 10.0 Å². The van der Waals surface area contributed by atoms with E-state index in [1.54, 1.807) is 6.92 Å². The van der Waals surface area contributed by atoms with Crippen molar-refractivity contribution in [2.45, 2.75) is 26.8 Å². The van der Waals surface area contributed by atoms with Gasteiger partial charge in [0.05, 0.1) is 5.69 Å². The third-order valence-corrected chi connectivity index (χ3v) is 2.43. The summed E-state index contributed by atoms with van der Waals surface area (Å²) in [5.74, 6) is -0.153. The lowest BCUT2D eigenvalue weighted by molar-refractivity contribution is 0.0942. The number of anilines is 1. The Morgan fingerprint density at radius 3 is 2.62 bits per heavy atom. The van der Waals surface area contributed by atoms with E-state index < -0.39 is 0 Å². The fourth-order valence-corrected chi connectivity index (χ4v) is 1.57. The molecule has 1 amide bonds. The van der Waals surface area contributed by atoms with Gasteiger partial charge in [0, 0.05) is 6.04 Å². The van der Waals surface area contributed by atoms with Gasteiger partial charge in [0.15, 0.2) is 5.01 Å². The van der Waals surface area contributed by atoms with Crippen LogP contribution in [0.2, 0.25) is 0 Å². The summed E-state index contributed by atoms with van der Waals surface area (Å²) in [4.78, 5) is 15.4. The normalized spacial score (nSPS) is 10.5. The van der Waals surface area contributed by atoms with E-state index >= 15 is 0 Å². The zero-order valence-corrected chi connectivity index (χ0v) is 8.73. The maximum Gasteiger partial charge on any atom is 0.280 e. The number of aryl methyl sites for hydroxylation is 1. The molecule has 0 saturated carbocycles. The number of amides is 1. The number of carbonyl (C=O) groups excluding carboxylic acids is 1. The first kappa shape index (κ1) is 9.98. The molecule has 1 heterocycles. The first-order valence-corrected chi connectivity index (χ1v) is 4.86. The Labute approximate surface area is 81.2 Å². The Morgan fingerprint density at radius 1 is 1.62 bits per heavy atom. The number of thiazole rings is 1. The van der Waals surface area contributed by atoms with Crippen molar-refractivity contribution < 1.29 is 4.79 Å². The quantitative estimate of drug-likeness (QED) is 0.751. The maximum atomic E-state index is 11.4. The molecular weight excluding hydrogens is 186 g/mol. The predicted octanol–water partition coefficient (Wildman–Crippen LogP) is 1.17. The molecule has 0 spiro atoms. The molecule has 3 N–H and O–H groups in total. The highest BCUT2D eigenvalue weighted by Gasteiger charge is 2.12. The fraction of sp³-hybridized carbons (Fsp3) is 0.500. The zero-order valence-electron chi connectivity index (χ0n) is 7.92. The molecule has 0 unspecified atom stereocenters. The number of nitrogens with one attached hydrogen (secondary N) is 1. The molecular formula is C8H13N3OS. The predicted molar refractivity (Wildman–Crippen MR) is 53.9 cm³/mol. The summed E-state index contributed by atoms with van der Waals surface area (Å²) in [6.45, 7) is 5.60. The van der Waals surface area contributed by atoms with E-state index in [0.717, 1.165) is 5.69 Å². The lowest BCUT2D eigenvalue weighted by Gasteiger charge is -2.04. The van der Waals surface area contributed by atoms with E-state index in [2.05, 4.69) is 10.3 Å². The SMILES string of the molecule is Cc1nc(C(=O)NC(C)C)sc1N. The Bertz CT molecular complexity index is 300. The van der Waals surface area contributed by atoms with Crippen LogP contribution in [0.4, 0.5) is 5.00 Å². The molecule has 0 fully saturated rings. The van der Waals surface area contributed by atoms with Gasteiger partial charge in [0.1, 0.15) is 5.00 Å². The first-order valence-electron chi connectivity index (χ1n) is 4.04. The fourth-order valence-electron chi connectivity index (χ4n) is 0.829. The summed E-state index contributed by atoms with van der Waals surface area (Å²) in [5, 5.41) is 3.79. The lowest BCUT2D eigenvalue weighted by atomic mass is 10.4. The van der Waals surface area contributed by atoms with E-state index in [4.69, 9.17) is 5.73 Å². The van der Waals surface area contributed by atoms with Crippen LogP contribution < -0.4 is 11.1 Å². The van der Waals surface area contributed by atoms with Gasteiger partial charge < -0.3 is 11.1 Å². The van der Waals surface area contributed by atoms with Crippen LogP contribution in [0.3, 0.4) is 0 Å². The molecule has 1 aromatic heterocycles. The molecule has 0 radical (unpaired) electrons. The third kappa shape index (κ3) is 2.42. The van der Waals surface area contributed by atoms with Gasteiger partial charge in [0.25, 0.3) is 5.91 Å².